The van der Waals surface area contributed by atoms with E-state index in [-0.39, 0.29) is 10.3 Å². The Bertz CT molecular complexity index is 639. The first-order chi connectivity index (χ1) is 9.75. The Balaban J connectivity index is 2.38. The lowest BCUT2D eigenvalue weighted by Gasteiger charge is -2.26. The van der Waals surface area contributed by atoms with Gasteiger partial charge in [-0.2, -0.15) is 4.31 Å². The topological polar surface area (TPSA) is 63.4 Å². The van der Waals surface area contributed by atoms with Crippen LogP contribution < -0.4 is 5.73 Å². The Morgan fingerprint density at radius 2 is 1.95 bits per heavy atom. The predicted octanol–water partition coefficient (Wildman–Crippen LogP) is 3.43. The third-order valence-electron chi connectivity index (χ3n) is 4.82. The summed E-state index contributed by atoms with van der Waals surface area (Å²) >= 11 is 5.95. The van der Waals surface area contributed by atoms with E-state index in [1.807, 2.05) is 0 Å². The molecule has 6 heteroatoms. The number of nitrogens with zero attached hydrogens (tertiary/aromatic N) is 1. The van der Waals surface area contributed by atoms with Crippen LogP contribution in [0.2, 0.25) is 5.02 Å². The molecule has 21 heavy (non-hydrogen) atoms. The Morgan fingerprint density at radius 1 is 1.33 bits per heavy atom. The molecular formula is C15H23ClN2O2S. The summed E-state index contributed by atoms with van der Waals surface area (Å²) in [6.45, 7) is 7.17. The molecule has 1 aliphatic heterocycles. The second kappa shape index (κ2) is 5.78. The van der Waals surface area contributed by atoms with E-state index < -0.39 is 10.0 Å². The Labute approximate surface area is 132 Å². The molecule has 1 heterocycles. The second-order valence-corrected chi connectivity index (χ2v) is 8.25. The maximum atomic E-state index is 12.9. The molecule has 2 N–H and O–H groups in total. The Morgan fingerprint density at radius 3 is 2.48 bits per heavy atom. The largest absolute Gasteiger partial charge is 0.397 e. The highest BCUT2D eigenvalue weighted by Crippen LogP contribution is 2.40. The van der Waals surface area contributed by atoms with Crippen molar-refractivity contribution in [3.63, 3.8) is 0 Å². The van der Waals surface area contributed by atoms with Crippen molar-refractivity contribution in [3.8, 4) is 0 Å². The van der Waals surface area contributed by atoms with Crippen LogP contribution in [0.15, 0.2) is 17.0 Å². The lowest BCUT2D eigenvalue weighted by Crippen LogP contribution is -2.32. The van der Waals surface area contributed by atoms with E-state index in [0.717, 1.165) is 19.3 Å². The van der Waals surface area contributed by atoms with Crippen LogP contribution in [0.4, 0.5) is 5.69 Å². The van der Waals surface area contributed by atoms with Crippen molar-refractivity contribution >= 4 is 27.3 Å². The van der Waals surface area contributed by atoms with Crippen molar-refractivity contribution in [1.82, 2.24) is 4.31 Å². The monoisotopic (exact) mass is 330 g/mol. The van der Waals surface area contributed by atoms with Gasteiger partial charge in [-0.1, -0.05) is 25.4 Å². The first kappa shape index (κ1) is 16.6. The summed E-state index contributed by atoms with van der Waals surface area (Å²) < 4.78 is 27.3. The summed E-state index contributed by atoms with van der Waals surface area (Å²) in [7, 11) is -3.51. The molecular weight excluding hydrogens is 308 g/mol. The van der Waals surface area contributed by atoms with E-state index >= 15 is 0 Å². The number of nitrogen functional groups attached to an aromatic ring is 1. The minimum atomic E-state index is -3.51. The number of nitrogens with two attached hydrogens (primary N) is 1. The van der Waals surface area contributed by atoms with Gasteiger partial charge < -0.3 is 5.73 Å². The fourth-order valence-electron chi connectivity index (χ4n) is 3.01. The average molecular weight is 331 g/mol. The highest BCUT2D eigenvalue weighted by Gasteiger charge is 2.41. The van der Waals surface area contributed by atoms with Gasteiger partial charge in [0.1, 0.15) is 0 Å². The van der Waals surface area contributed by atoms with Crippen molar-refractivity contribution in [2.24, 2.45) is 5.41 Å². The Kier molecular flexibility index (Phi) is 4.57. The number of sulfonamides is 1. The lowest BCUT2D eigenvalue weighted by molar-refractivity contribution is 0.279. The van der Waals surface area contributed by atoms with Gasteiger partial charge in [-0.3, -0.25) is 0 Å². The molecule has 1 fully saturated rings. The fraction of sp³-hybridized carbons (Fsp3) is 0.600. The van der Waals surface area contributed by atoms with E-state index in [4.69, 9.17) is 17.3 Å². The molecule has 2 rings (SSSR count). The third-order valence-corrected chi connectivity index (χ3v) is 7.13. The summed E-state index contributed by atoms with van der Waals surface area (Å²) in [6, 6.07) is 3.09. The normalized spacial score (nSPS) is 19.0. The van der Waals surface area contributed by atoms with Crippen molar-refractivity contribution in [1.29, 1.82) is 0 Å². The lowest BCUT2D eigenvalue weighted by atomic mass is 9.82. The van der Waals surface area contributed by atoms with E-state index in [9.17, 15) is 8.42 Å². The van der Waals surface area contributed by atoms with Gasteiger partial charge in [0.15, 0.2) is 0 Å². The number of rotatable bonds is 4. The molecule has 4 nitrogen and oxygen atoms in total. The molecule has 0 saturated carbocycles. The van der Waals surface area contributed by atoms with Crippen LogP contribution in [-0.2, 0) is 10.0 Å². The van der Waals surface area contributed by atoms with Crippen molar-refractivity contribution in [3.05, 3.63) is 22.7 Å². The van der Waals surface area contributed by atoms with Gasteiger partial charge in [0.05, 0.1) is 15.6 Å². The fourth-order valence-corrected chi connectivity index (χ4v) is 5.03. The molecule has 0 spiro atoms. The zero-order valence-corrected chi connectivity index (χ0v) is 14.4. The molecule has 0 atom stereocenters. The zero-order chi connectivity index (χ0) is 15.8. The van der Waals surface area contributed by atoms with Gasteiger partial charge in [-0.25, -0.2) is 8.42 Å². The molecule has 0 aliphatic carbocycles. The van der Waals surface area contributed by atoms with Crippen LogP contribution in [0.5, 0.6) is 0 Å². The summed E-state index contributed by atoms with van der Waals surface area (Å²) in [4.78, 5) is 0.271. The van der Waals surface area contributed by atoms with Gasteiger partial charge in [0, 0.05) is 13.1 Å². The Hall–Kier alpha value is -0.780. The van der Waals surface area contributed by atoms with E-state index in [1.54, 1.807) is 17.3 Å². The van der Waals surface area contributed by atoms with Crippen LogP contribution in [0.25, 0.3) is 0 Å². The molecule has 1 aliphatic rings. The zero-order valence-electron chi connectivity index (χ0n) is 12.8. The quantitative estimate of drug-likeness (QED) is 0.860. The molecule has 1 aromatic rings. The van der Waals surface area contributed by atoms with Crippen LogP contribution in [-0.4, -0.2) is 25.8 Å². The standard InChI is InChI=1S/C15H23ClN2O2S/c1-4-15(5-2)6-7-18(10-15)21(19,20)14-9-13(17)12(16)8-11(14)3/h8-9H,4-7,10,17H2,1-3H3. The van der Waals surface area contributed by atoms with Gasteiger partial charge in [0.25, 0.3) is 0 Å². The summed E-state index contributed by atoms with van der Waals surface area (Å²) in [5.41, 5.74) is 6.83. The molecule has 1 saturated heterocycles. The van der Waals surface area contributed by atoms with E-state index in [2.05, 4.69) is 13.8 Å². The van der Waals surface area contributed by atoms with Crippen molar-refractivity contribution in [2.45, 2.75) is 44.9 Å². The molecule has 0 amide bonds. The smallest absolute Gasteiger partial charge is 0.243 e. The van der Waals surface area contributed by atoms with Crippen LogP contribution >= 0.6 is 11.6 Å². The first-order valence-corrected chi connectivity index (χ1v) is 9.13. The van der Waals surface area contributed by atoms with E-state index in [0.29, 0.717) is 29.4 Å². The van der Waals surface area contributed by atoms with Gasteiger partial charge >= 0.3 is 0 Å². The van der Waals surface area contributed by atoms with E-state index in [1.165, 1.54) is 6.07 Å². The first-order valence-electron chi connectivity index (χ1n) is 7.31. The van der Waals surface area contributed by atoms with Gasteiger partial charge in [-0.15, -0.1) is 0 Å². The van der Waals surface area contributed by atoms with Gasteiger partial charge in [0.2, 0.25) is 10.0 Å². The molecule has 118 valence electrons. The maximum Gasteiger partial charge on any atom is 0.243 e. The number of anilines is 1. The number of halogens is 1. The highest BCUT2D eigenvalue weighted by molar-refractivity contribution is 7.89. The summed E-state index contributed by atoms with van der Waals surface area (Å²) in [5, 5.41) is 0.393. The molecule has 0 radical (unpaired) electrons. The predicted molar refractivity (Wildman–Crippen MR) is 87.0 cm³/mol. The van der Waals surface area contributed by atoms with Crippen LogP contribution in [0.1, 0.15) is 38.7 Å². The summed E-state index contributed by atoms with van der Waals surface area (Å²) in [6.07, 6.45) is 2.91. The van der Waals surface area contributed by atoms with Crippen LogP contribution in [0, 0.1) is 12.3 Å². The highest BCUT2D eigenvalue weighted by atomic mass is 35.5. The number of benzene rings is 1. The molecule has 0 aromatic heterocycles. The minimum absolute atomic E-state index is 0.110. The van der Waals surface area contributed by atoms with Crippen molar-refractivity contribution < 1.29 is 8.42 Å². The SMILES string of the molecule is CCC1(CC)CCN(S(=O)(=O)c2cc(N)c(Cl)cc2C)C1. The summed E-state index contributed by atoms with van der Waals surface area (Å²) in [5.74, 6) is 0. The molecule has 0 bridgehead atoms. The van der Waals surface area contributed by atoms with Crippen molar-refractivity contribution in [2.75, 3.05) is 18.8 Å². The third kappa shape index (κ3) is 2.91. The number of hydrogen-bond acceptors (Lipinski definition) is 3. The van der Waals surface area contributed by atoms with Gasteiger partial charge in [-0.05, 0) is 49.3 Å². The maximum absolute atomic E-state index is 12.9. The molecule has 0 unspecified atom stereocenters. The van der Waals surface area contributed by atoms with Crippen LogP contribution in [0.3, 0.4) is 0 Å². The minimum Gasteiger partial charge on any atom is -0.397 e. The molecule has 1 aromatic carbocycles. The number of aryl methyl sites for hydroxylation is 1. The second-order valence-electron chi connectivity index (χ2n) is 5.93. The average Bonchev–Trinajstić information content (AvgIpc) is 2.88. The number of hydrogen-bond donors (Lipinski definition) is 1.